The van der Waals surface area contributed by atoms with Gasteiger partial charge in [-0.3, -0.25) is 4.57 Å². The second kappa shape index (κ2) is 9.52. The van der Waals surface area contributed by atoms with Gasteiger partial charge in [0, 0.05) is 0 Å². The van der Waals surface area contributed by atoms with Crippen LogP contribution in [0.5, 0.6) is 0 Å². The number of nitrogens with two attached hydrogens (primary N) is 1. The van der Waals surface area contributed by atoms with E-state index in [4.69, 9.17) is 23.4 Å². The second-order valence-electron chi connectivity index (χ2n) is 10.6. The summed E-state index contributed by atoms with van der Waals surface area (Å²) < 4.78 is 29.8. The number of ether oxygens (including phenoxy) is 1. The van der Waals surface area contributed by atoms with Crippen molar-refractivity contribution in [3.63, 3.8) is 0 Å². The Bertz CT molecular complexity index is 1000. The molecule has 0 radical (unpaired) electrons. The molecule has 0 amide bonds. The van der Waals surface area contributed by atoms with Crippen LogP contribution in [0.1, 0.15) is 61.6 Å². The fourth-order valence-corrected chi connectivity index (χ4v) is 17.6. The highest BCUT2D eigenvalue weighted by Gasteiger charge is 2.61. The van der Waals surface area contributed by atoms with E-state index in [1.165, 1.54) is 6.33 Å². The van der Waals surface area contributed by atoms with Gasteiger partial charge in [0.05, 0.1) is 23.9 Å². The van der Waals surface area contributed by atoms with Crippen LogP contribution in [0.2, 0.25) is 22.2 Å². The number of hydrogen-bond donors (Lipinski definition) is 1. The van der Waals surface area contributed by atoms with E-state index in [1.54, 1.807) is 6.33 Å². The molecule has 4 heterocycles. The molecule has 0 bridgehead atoms. The van der Waals surface area contributed by atoms with Crippen molar-refractivity contribution < 1.29 is 17.7 Å². The predicted molar refractivity (Wildman–Crippen MR) is 140 cm³/mol. The third-order valence-electron chi connectivity index (χ3n) is 7.26. The van der Waals surface area contributed by atoms with E-state index in [1.807, 2.05) is 4.57 Å². The van der Waals surface area contributed by atoms with Gasteiger partial charge in [-0.15, -0.1) is 0 Å². The summed E-state index contributed by atoms with van der Waals surface area (Å²) in [7, 11) is -5.35. The molecular weight excluding hydrogens is 534 g/mol. The molecule has 12 heteroatoms. The van der Waals surface area contributed by atoms with Crippen molar-refractivity contribution in [2.24, 2.45) is 0 Å². The molecule has 34 heavy (non-hydrogen) atoms. The van der Waals surface area contributed by atoms with Crippen molar-refractivity contribution in [1.82, 2.24) is 19.5 Å². The molecular formula is C22H38BrN5O4Si2. The summed E-state index contributed by atoms with van der Waals surface area (Å²) in [5.41, 5.74) is 8.29. The second-order valence-corrected chi connectivity index (χ2v) is 20.6. The summed E-state index contributed by atoms with van der Waals surface area (Å²) in [6.45, 7) is 18.2. The Kier molecular flexibility index (Phi) is 7.33. The van der Waals surface area contributed by atoms with E-state index in [0.717, 1.165) is 0 Å². The lowest BCUT2D eigenvalue weighted by molar-refractivity contribution is -0.0544. The molecule has 2 aromatic rings. The van der Waals surface area contributed by atoms with Gasteiger partial charge >= 0.3 is 17.1 Å². The Morgan fingerprint density at radius 3 is 2.18 bits per heavy atom. The number of nitrogen functional groups attached to an aromatic ring is 1. The lowest BCUT2D eigenvalue weighted by Gasteiger charge is -2.51. The number of nitrogens with zero attached hydrogens (tertiary/aromatic N) is 4. The Labute approximate surface area is 212 Å². The number of aromatic nitrogens is 4. The molecule has 0 aromatic carbocycles. The lowest BCUT2D eigenvalue weighted by atomic mass is 10.2. The maximum Gasteiger partial charge on any atom is 0.335 e. The summed E-state index contributed by atoms with van der Waals surface area (Å²) in [6.07, 6.45) is 2.30. The van der Waals surface area contributed by atoms with Gasteiger partial charge in [-0.2, -0.15) is 0 Å². The Morgan fingerprint density at radius 2 is 1.59 bits per heavy atom. The van der Waals surface area contributed by atoms with Crippen LogP contribution in [0.3, 0.4) is 0 Å². The minimum absolute atomic E-state index is 0.144. The molecule has 4 atom stereocenters. The number of alkyl halides is 1. The van der Waals surface area contributed by atoms with Crippen molar-refractivity contribution >= 4 is 50.0 Å². The first kappa shape index (κ1) is 26.2. The van der Waals surface area contributed by atoms with Crippen molar-refractivity contribution in [1.29, 1.82) is 0 Å². The first-order chi connectivity index (χ1) is 15.9. The van der Waals surface area contributed by atoms with Crippen LogP contribution in [-0.2, 0) is 17.7 Å². The third kappa shape index (κ3) is 4.08. The van der Waals surface area contributed by atoms with Crippen LogP contribution in [0, 0.1) is 0 Å². The quantitative estimate of drug-likeness (QED) is 0.393. The number of fused-ring (bicyclic) bond motifs is 2. The van der Waals surface area contributed by atoms with E-state index < -0.39 is 17.1 Å². The SMILES string of the molecule is CC(C)[Si]1(C(C)C)OC[C@H]2O[C@@H](n3cnc4c(N)ncnc43)[C@H](Br)[C@@H]2O[Si](C(C)C)(C(C)C)O1. The molecule has 0 spiro atoms. The minimum Gasteiger partial charge on any atom is -0.414 e. The maximum absolute atomic E-state index is 7.28. The fraction of sp³-hybridized carbons (Fsp3) is 0.773. The molecule has 2 saturated heterocycles. The molecule has 0 unspecified atom stereocenters. The van der Waals surface area contributed by atoms with E-state index in [9.17, 15) is 0 Å². The summed E-state index contributed by atoms with van der Waals surface area (Å²) in [6, 6.07) is 0. The molecule has 0 aliphatic carbocycles. The number of hydrogen-bond acceptors (Lipinski definition) is 8. The minimum atomic E-state index is -2.73. The molecule has 2 aliphatic rings. The van der Waals surface area contributed by atoms with E-state index in [-0.39, 0.29) is 45.4 Å². The standard InChI is InChI=1S/C22H38BrN5O4Si2/c1-12(2)33(13(3)4)29-9-16-19(31-34(32-33,14(5)6)15(7)8)17(23)22(30-16)28-11-27-18-20(24)25-10-26-21(18)28/h10-17,19,22H,9H2,1-8H3,(H2,24,25,26)/t16-,17-,19-,22-/m1/s1. The summed E-state index contributed by atoms with van der Waals surface area (Å²) in [5.74, 6) is 0.350. The number of anilines is 1. The summed E-state index contributed by atoms with van der Waals surface area (Å²) in [5, 5.41) is 0. The van der Waals surface area contributed by atoms with Crippen LogP contribution < -0.4 is 5.73 Å². The van der Waals surface area contributed by atoms with Crippen molar-refractivity contribution in [3.8, 4) is 0 Å². The molecule has 9 nitrogen and oxygen atoms in total. The van der Waals surface area contributed by atoms with Crippen LogP contribution in [0.4, 0.5) is 5.82 Å². The first-order valence-corrected chi connectivity index (χ1v) is 17.0. The van der Waals surface area contributed by atoms with Crippen molar-refractivity contribution in [3.05, 3.63) is 12.7 Å². The Hall–Kier alpha value is -0.896. The molecule has 2 N–H and O–H groups in total. The van der Waals surface area contributed by atoms with Gasteiger partial charge < -0.3 is 23.4 Å². The van der Waals surface area contributed by atoms with Crippen molar-refractivity contribution in [2.75, 3.05) is 12.3 Å². The zero-order valence-electron chi connectivity index (χ0n) is 21.4. The first-order valence-electron chi connectivity index (χ1n) is 12.2. The average molecular weight is 573 g/mol. The number of rotatable bonds is 5. The zero-order chi connectivity index (χ0) is 25.0. The highest BCUT2D eigenvalue weighted by Crippen LogP contribution is 2.49. The molecule has 190 valence electrons. The number of halogens is 1. The smallest absolute Gasteiger partial charge is 0.335 e. The summed E-state index contributed by atoms with van der Waals surface area (Å²) in [4.78, 5) is 12.8. The monoisotopic (exact) mass is 571 g/mol. The van der Waals surface area contributed by atoms with Crippen LogP contribution in [0.15, 0.2) is 12.7 Å². The van der Waals surface area contributed by atoms with Gasteiger partial charge in [-0.1, -0.05) is 71.3 Å². The molecule has 2 aliphatic heterocycles. The van der Waals surface area contributed by atoms with Crippen LogP contribution >= 0.6 is 15.9 Å². The van der Waals surface area contributed by atoms with Gasteiger partial charge in [0.2, 0.25) is 0 Å². The predicted octanol–water partition coefficient (Wildman–Crippen LogP) is 5.03. The average Bonchev–Trinajstić information content (AvgIpc) is 3.29. The normalized spacial score (nSPS) is 29.2. The Morgan fingerprint density at radius 1 is 0.971 bits per heavy atom. The Balaban J connectivity index is 1.77. The molecule has 4 rings (SSSR count). The van der Waals surface area contributed by atoms with E-state index in [0.29, 0.717) is 23.6 Å². The lowest BCUT2D eigenvalue weighted by Crippen LogP contribution is -2.65. The van der Waals surface area contributed by atoms with E-state index in [2.05, 4.69) is 86.3 Å². The molecule has 2 fully saturated rings. The van der Waals surface area contributed by atoms with Gasteiger partial charge in [0.25, 0.3) is 0 Å². The van der Waals surface area contributed by atoms with E-state index >= 15 is 0 Å². The van der Waals surface area contributed by atoms with Crippen LogP contribution in [-0.4, -0.2) is 60.3 Å². The topological polar surface area (TPSA) is 107 Å². The van der Waals surface area contributed by atoms with Gasteiger partial charge in [0.15, 0.2) is 17.7 Å². The van der Waals surface area contributed by atoms with Crippen LogP contribution in [0.25, 0.3) is 11.2 Å². The summed E-state index contributed by atoms with van der Waals surface area (Å²) >= 11 is 3.92. The molecule has 0 saturated carbocycles. The fourth-order valence-electron chi connectivity index (χ4n) is 5.39. The van der Waals surface area contributed by atoms with Gasteiger partial charge in [-0.25, -0.2) is 15.0 Å². The highest BCUT2D eigenvalue weighted by molar-refractivity contribution is 9.09. The highest BCUT2D eigenvalue weighted by atomic mass is 79.9. The van der Waals surface area contributed by atoms with Gasteiger partial charge in [0.1, 0.15) is 17.9 Å². The number of imidazole rings is 1. The molecule has 2 aromatic heterocycles. The zero-order valence-corrected chi connectivity index (χ0v) is 24.9. The van der Waals surface area contributed by atoms with Crippen molar-refractivity contribution in [2.45, 2.75) is 101 Å². The van der Waals surface area contributed by atoms with Gasteiger partial charge in [-0.05, 0) is 22.2 Å². The largest absolute Gasteiger partial charge is 0.414 e. The maximum atomic E-state index is 7.28. The third-order valence-corrected chi connectivity index (χ3v) is 18.5.